The molecule has 29 heavy (non-hydrogen) atoms. The van der Waals surface area contributed by atoms with Gasteiger partial charge in [-0.05, 0) is 17.2 Å². The maximum atomic E-state index is 12.8. The molecule has 0 aliphatic carbocycles. The highest BCUT2D eigenvalue weighted by molar-refractivity contribution is 7.20. The third kappa shape index (κ3) is 7.04. The van der Waals surface area contributed by atoms with Crippen LogP contribution in [0, 0.1) is 0 Å². The smallest absolute Gasteiger partial charge is 0.383 e. The van der Waals surface area contributed by atoms with Crippen LogP contribution in [0.5, 0.6) is 0 Å². The number of hydrogen-bond acceptors (Lipinski definition) is 5. The molecule has 1 aromatic carbocycles. The van der Waals surface area contributed by atoms with E-state index < -0.39 is 24.7 Å². The number of hydrogen-bond donors (Lipinski definition) is 3. The molecule has 2 rings (SSSR count). The minimum Gasteiger partial charge on any atom is -0.383 e. The summed E-state index contributed by atoms with van der Waals surface area (Å²) in [5.74, 6) is -0.714. The van der Waals surface area contributed by atoms with Crippen LogP contribution in [0.4, 0.5) is 23.0 Å². The SMILES string of the molecule is COCCN(Cc1ccc(-c2cc(C(N)=O)c(NC(N)=O)s2)cc1)CC(F)(F)F. The van der Waals surface area contributed by atoms with Crippen LogP contribution in [0.15, 0.2) is 30.3 Å². The monoisotopic (exact) mass is 430 g/mol. The summed E-state index contributed by atoms with van der Waals surface area (Å²) in [6.07, 6.45) is -4.31. The van der Waals surface area contributed by atoms with Crippen molar-refractivity contribution in [2.45, 2.75) is 12.7 Å². The number of benzene rings is 1. The van der Waals surface area contributed by atoms with Crippen molar-refractivity contribution in [3.63, 3.8) is 0 Å². The second kappa shape index (κ2) is 9.72. The number of amides is 3. The van der Waals surface area contributed by atoms with Gasteiger partial charge < -0.3 is 16.2 Å². The summed E-state index contributed by atoms with van der Waals surface area (Å²) < 4.78 is 43.2. The van der Waals surface area contributed by atoms with Crippen LogP contribution < -0.4 is 16.8 Å². The lowest BCUT2D eigenvalue weighted by atomic mass is 10.1. The Morgan fingerprint density at radius 1 is 1.21 bits per heavy atom. The van der Waals surface area contributed by atoms with Crippen molar-refractivity contribution in [2.24, 2.45) is 11.5 Å². The highest BCUT2D eigenvalue weighted by atomic mass is 32.1. The van der Waals surface area contributed by atoms with Gasteiger partial charge in [-0.2, -0.15) is 13.2 Å². The second-order valence-electron chi connectivity index (χ2n) is 6.22. The molecule has 0 spiro atoms. The number of nitrogens with two attached hydrogens (primary N) is 2. The van der Waals surface area contributed by atoms with Gasteiger partial charge in [-0.1, -0.05) is 24.3 Å². The van der Waals surface area contributed by atoms with Crippen LogP contribution in [-0.4, -0.2) is 49.8 Å². The predicted molar refractivity (Wildman–Crippen MR) is 105 cm³/mol. The van der Waals surface area contributed by atoms with E-state index in [0.29, 0.717) is 10.4 Å². The Labute approximate surface area is 169 Å². The first-order valence-corrected chi connectivity index (χ1v) is 9.28. The normalized spacial score (nSPS) is 11.6. The average Bonchev–Trinajstić information content (AvgIpc) is 3.02. The average molecular weight is 430 g/mol. The molecule has 158 valence electrons. The molecule has 7 nitrogen and oxygen atoms in total. The molecule has 0 atom stereocenters. The van der Waals surface area contributed by atoms with Crippen molar-refractivity contribution in [1.29, 1.82) is 0 Å². The summed E-state index contributed by atoms with van der Waals surface area (Å²) >= 11 is 1.12. The molecule has 0 fully saturated rings. The molecule has 1 heterocycles. The number of ether oxygens (including phenoxy) is 1. The second-order valence-corrected chi connectivity index (χ2v) is 7.27. The maximum absolute atomic E-state index is 12.8. The van der Waals surface area contributed by atoms with Crippen molar-refractivity contribution in [2.75, 3.05) is 32.1 Å². The van der Waals surface area contributed by atoms with E-state index in [1.807, 2.05) is 0 Å². The minimum absolute atomic E-state index is 0.106. The maximum Gasteiger partial charge on any atom is 0.401 e. The molecule has 0 aliphatic heterocycles. The van der Waals surface area contributed by atoms with Gasteiger partial charge in [0.1, 0.15) is 5.00 Å². The van der Waals surface area contributed by atoms with E-state index in [2.05, 4.69) is 5.32 Å². The molecule has 0 saturated heterocycles. The first-order chi connectivity index (χ1) is 13.6. The lowest BCUT2D eigenvalue weighted by molar-refractivity contribution is -0.148. The zero-order valence-corrected chi connectivity index (χ0v) is 16.4. The number of carbonyl (C=O) groups is 2. The largest absolute Gasteiger partial charge is 0.401 e. The fraction of sp³-hybridized carbons (Fsp3) is 0.333. The third-order valence-corrected chi connectivity index (χ3v) is 4.99. The number of urea groups is 1. The molecule has 0 bridgehead atoms. The number of nitrogens with zero attached hydrogens (tertiary/aromatic N) is 1. The van der Waals surface area contributed by atoms with Gasteiger partial charge in [0.05, 0.1) is 18.7 Å². The quantitative estimate of drug-likeness (QED) is 0.568. The Hall–Kier alpha value is -2.63. The van der Waals surface area contributed by atoms with Gasteiger partial charge >= 0.3 is 12.2 Å². The van der Waals surface area contributed by atoms with Crippen LogP contribution in [0.2, 0.25) is 0 Å². The van der Waals surface area contributed by atoms with Gasteiger partial charge in [-0.3, -0.25) is 15.0 Å². The number of alkyl halides is 3. The molecular formula is C18H21F3N4O3S. The number of thiophene rings is 1. The Morgan fingerprint density at radius 3 is 2.38 bits per heavy atom. The molecule has 1 aromatic heterocycles. The Balaban J connectivity index is 2.18. The zero-order valence-electron chi connectivity index (χ0n) is 15.6. The summed E-state index contributed by atoms with van der Waals surface area (Å²) in [6, 6.07) is 7.57. The number of rotatable bonds is 9. The number of anilines is 1. The van der Waals surface area contributed by atoms with E-state index in [1.165, 1.54) is 18.1 Å². The molecule has 11 heteroatoms. The summed E-state index contributed by atoms with van der Waals surface area (Å²) in [4.78, 5) is 24.5. The van der Waals surface area contributed by atoms with Gasteiger partial charge in [-0.15, -0.1) is 11.3 Å². The van der Waals surface area contributed by atoms with Crippen LogP contribution in [-0.2, 0) is 11.3 Å². The van der Waals surface area contributed by atoms with Crippen molar-refractivity contribution in [3.05, 3.63) is 41.5 Å². The molecule has 5 N–H and O–H groups in total. The Bertz CT molecular complexity index is 853. The lowest BCUT2D eigenvalue weighted by Gasteiger charge is -2.23. The molecule has 0 radical (unpaired) electrons. The van der Waals surface area contributed by atoms with Crippen molar-refractivity contribution in [3.8, 4) is 10.4 Å². The standard InChI is InChI=1S/C18H21F3N4O3S/c1-28-7-6-25(10-18(19,20)21)9-11-2-4-12(5-3-11)14-8-13(15(22)26)16(29-14)24-17(23)27/h2-5,8H,6-7,9-10H2,1H3,(H2,22,26)(H3,23,24,27). The fourth-order valence-corrected chi connectivity index (χ4v) is 3.71. The van der Waals surface area contributed by atoms with E-state index in [4.69, 9.17) is 16.2 Å². The van der Waals surface area contributed by atoms with Crippen LogP contribution in [0.1, 0.15) is 15.9 Å². The summed E-state index contributed by atoms with van der Waals surface area (Å²) in [7, 11) is 1.43. The molecule has 3 amide bonds. The molecular weight excluding hydrogens is 409 g/mol. The molecule has 0 aliphatic rings. The number of halogens is 3. The van der Waals surface area contributed by atoms with Crippen LogP contribution in [0.25, 0.3) is 10.4 Å². The number of primary amides is 2. The van der Waals surface area contributed by atoms with Gasteiger partial charge in [0.25, 0.3) is 5.91 Å². The van der Waals surface area contributed by atoms with Crippen LogP contribution in [0.3, 0.4) is 0 Å². The third-order valence-electron chi connectivity index (χ3n) is 3.89. The number of methoxy groups -OCH3 is 1. The fourth-order valence-electron chi connectivity index (χ4n) is 2.64. The van der Waals surface area contributed by atoms with Crippen molar-refractivity contribution < 1.29 is 27.5 Å². The predicted octanol–water partition coefficient (Wildman–Crippen LogP) is 3.02. The molecule has 0 unspecified atom stereocenters. The molecule has 0 saturated carbocycles. The lowest BCUT2D eigenvalue weighted by Crippen LogP contribution is -2.36. The summed E-state index contributed by atoms with van der Waals surface area (Å²) in [5, 5.41) is 2.59. The van der Waals surface area contributed by atoms with E-state index in [0.717, 1.165) is 16.9 Å². The summed E-state index contributed by atoms with van der Waals surface area (Å²) in [5.41, 5.74) is 12.0. The first-order valence-electron chi connectivity index (χ1n) is 8.46. The minimum atomic E-state index is -4.31. The van der Waals surface area contributed by atoms with E-state index in [-0.39, 0.29) is 30.3 Å². The van der Waals surface area contributed by atoms with E-state index in [1.54, 1.807) is 24.3 Å². The van der Waals surface area contributed by atoms with Gasteiger partial charge in [-0.25, -0.2) is 4.79 Å². The first kappa shape index (κ1) is 22.7. The number of carbonyl (C=O) groups excluding carboxylic acids is 2. The highest BCUT2D eigenvalue weighted by Crippen LogP contribution is 2.35. The van der Waals surface area contributed by atoms with Crippen LogP contribution >= 0.6 is 11.3 Å². The Kier molecular flexibility index (Phi) is 7.59. The van der Waals surface area contributed by atoms with E-state index in [9.17, 15) is 22.8 Å². The van der Waals surface area contributed by atoms with Crippen molar-refractivity contribution >= 4 is 28.3 Å². The van der Waals surface area contributed by atoms with Crippen molar-refractivity contribution in [1.82, 2.24) is 4.90 Å². The zero-order chi connectivity index (χ0) is 21.6. The Morgan fingerprint density at radius 2 is 1.86 bits per heavy atom. The van der Waals surface area contributed by atoms with Gasteiger partial charge in [0.2, 0.25) is 0 Å². The van der Waals surface area contributed by atoms with Gasteiger partial charge in [0.15, 0.2) is 0 Å². The van der Waals surface area contributed by atoms with Gasteiger partial charge in [0, 0.05) is 25.1 Å². The highest BCUT2D eigenvalue weighted by Gasteiger charge is 2.30. The van der Waals surface area contributed by atoms with E-state index >= 15 is 0 Å². The molecule has 2 aromatic rings. The topological polar surface area (TPSA) is 111 Å². The number of nitrogens with one attached hydrogen (secondary N) is 1. The summed E-state index contributed by atoms with van der Waals surface area (Å²) in [6.45, 7) is -0.594.